The second kappa shape index (κ2) is 5.17. The molecule has 0 aliphatic carbocycles. The van der Waals surface area contributed by atoms with E-state index in [0.29, 0.717) is 5.78 Å². The fraction of sp³-hybridized carbons (Fsp3) is 0.889. The van der Waals surface area contributed by atoms with Gasteiger partial charge >= 0.3 is 74.4 Å². The van der Waals surface area contributed by atoms with Crippen LogP contribution in [0.3, 0.4) is 0 Å². The molecule has 0 bridgehead atoms. The summed E-state index contributed by atoms with van der Waals surface area (Å²) in [6.07, 6.45) is 0. The van der Waals surface area contributed by atoms with Gasteiger partial charge in [0.25, 0.3) is 0 Å². The molecule has 66 valence electrons. The van der Waals surface area contributed by atoms with Crippen molar-refractivity contribution >= 4 is 24.2 Å². The van der Waals surface area contributed by atoms with Crippen molar-refractivity contribution in [1.82, 2.24) is 0 Å². The Morgan fingerprint density at radius 1 is 1.09 bits per heavy atom. The molecule has 0 spiro atoms. The number of ketones is 1. The van der Waals surface area contributed by atoms with E-state index in [1.165, 1.54) is 13.3 Å². The molecule has 0 aromatic rings. The van der Waals surface area contributed by atoms with Gasteiger partial charge in [0.15, 0.2) is 0 Å². The van der Waals surface area contributed by atoms with Gasteiger partial charge in [0, 0.05) is 0 Å². The fourth-order valence-corrected chi connectivity index (χ4v) is 11.1. The molecular formula is C9H20OSn. The Balaban J connectivity index is 4.16. The summed E-state index contributed by atoms with van der Waals surface area (Å²) in [6, 6.07) is 0. The van der Waals surface area contributed by atoms with Gasteiger partial charge in [-0.25, -0.2) is 0 Å². The second-order valence-corrected chi connectivity index (χ2v) is 19.1. The zero-order valence-electron chi connectivity index (χ0n) is 8.24. The standard InChI is InChI=1S/C3H5O.3C2H5.Sn/c1-3(2)4;3*1-2;/h1H2,2H3;3*1H2,2H3;. The molecule has 0 aliphatic heterocycles. The summed E-state index contributed by atoms with van der Waals surface area (Å²) in [5.41, 5.74) is 0. The first-order valence-corrected chi connectivity index (χ1v) is 12.7. The van der Waals surface area contributed by atoms with Crippen molar-refractivity contribution in [2.75, 3.05) is 0 Å². The van der Waals surface area contributed by atoms with Crippen molar-refractivity contribution in [2.24, 2.45) is 0 Å². The Morgan fingerprint density at radius 3 is 1.55 bits per heavy atom. The van der Waals surface area contributed by atoms with Crippen molar-refractivity contribution in [3.63, 3.8) is 0 Å². The molecule has 0 aromatic heterocycles. The van der Waals surface area contributed by atoms with E-state index >= 15 is 0 Å². The molecule has 0 N–H and O–H groups in total. The van der Waals surface area contributed by atoms with Crippen molar-refractivity contribution in [2.45, 2.75) is 45.4 Å². The molecule has 0 saturated carbocycles. The minimum atomic E-state index is -1.86. The van der Waals surface area contributed by atoms with Gasteiger partial charge in [0.2, 0.25) is 0 Å². The molecule has 0 fully saturated rings. The van der Waals surface area contributed by atoms with Gasteiger partial charge in [0.05, 0.1) is 0 Å². The van der Waals surface area contributed by atoms with Gasteiger partial charge in [-0.1, -0.05) is 0 Å². The van der Waals surface area contributed by atoms with E-state index in [-0.39, 0.29) is 0 Å². The first kappa shape index (κ1) is 11.5. The third kappa shape index (κ3) is 3.59. The number of hydrogen-bond donors (Lipinski definition) is 0. The summed E-state index contributed by atoms with van der Waals surface area (Å²) >= 11 is -1.86. The van der Waals surface area contributed by atoms with Crippen LogP contribution in [0.15, 0.2) is 0 Å². The number of carbonyl (C=O) groups is 1. The molecule has 0 saturated heterocycles. The first-order chi connectivity index (χ1) is 5.10. The summed E-state index contributed by atoms with van der Waals surface area (Å²) in [6.45, 7) is 8.55. The Morgan fingerprint density at radius 2 is 1.45 bits per heavy atom. The van der Waals surface area contributed by atoms with Crippen LogP contribution in [-0.4, -0.2) is 24.2 Å². The van der Waals surface area contributed by atoms with Gasteiger partial charge in [0.1, 0.15) is 0 Å². The molecule has 0 aliphatic rings. The van der Waals surface area contributed by atoms with Crippen molar-refractivity contribution < 1.29 is 4.79 Å². The van der Waals surface area contributed by atoms with Gasteiger partial charge in [-0.3, -0.25) is 0 Å². The molecule has 0 amide bonds. The number of Topliss-reactive ketones (excluding diaryl/α,β-unsaturated/α-hetero) is 1. The van der Waals surface area contributed by atoms with Gasteiger partial charge in [-0.05, 0) is 0 Å². The quantitative estimate of drug-likeness (QED) is 0.696. The van der Waals surface area contributed by atoms with E-state index in [1.807, 2.05) is 0 Å². The van der Waals surface area contributed by atoms with Crippen molar-refractivity contribution in [1.29, 1.82) is 0 Å². The summed E-state index contributed by atoms with van der Waals surface area (Å²) < 4.78 is 4.97. The number of rotatable bonds is 5. The third-order valence-corrected chi connectivity index (χ3v) is 19.3. The topological polar surface area (TPSA) is 17.1 Å². The van der Waals surface area contributed by atoms with E-state index < -0.39 is 18.4 Å². The SMILES string of the molecule is C[CH2][Sn]([CH2]C)([CH2]C)[CH2]C(C)=O. The van der Waals surface area contributed by atoms with Crippen LogP contribution >= 0.6 is 0 Å². The molecule has 0 rings (SSSR count). The predicted molar refractivity (Wildman–Crippen MR) is 52.7 cm³/mol. The molecule has 0 unspecified atom stereocenters. The maximum atomic E-state index is 11.0. The van der Waals surface area contributed by atoms with Gasteiger partial charge in [-0.2, -0.15) is 0 Å². The zero-order chi connectivity index (χ0) is 8.91. The zero-order valence-corrected chi connectivity index (χ0v) is 11.1. The van der Waals surface area contributed by atoms with Crippen LogP contribution in [0.25, 0.3) is 0 Å². The maximum absolute atomic E-state index is 11.0. The van der Waals surface area contributed by atoms with Crippen LogP contribution in [0, 0.1) is 0 Å². The van der Waals surface area contributed by atoms with E-state index in [0.717, 1.165) is 4.44 Å². The molecule has 0 aromatic carbocycles. The monoisotopic (exact) mass is 264 g/mol. The predicted octanol–water partition coefficient (Wildman–Crippen LogP) is 3.08. The third-order valence-electron chi connectivity index (χ3n) is 2.87. The summed E-state index contributed by atoms with van der Waals surface area (Å²) in [4.78, 5) is 11.0. The van der Waals surface area contributed by atoms with E-state index in [1.54, 1.807) is 6.92 Å². The Kier molecular flexibility index (Phi) is 5.39. The average molecular weight is 263 g/mol. The molecule has 1 nitrogen and oxygen atoms in total. The summed E-state index contributed by atoms with van der Waals surface area (Å²) in [5, 5.41) is 0. The first-order valence-electron chi connectivity index (χ1n) is 4.59. The number of hydrogen-bond acceptors (Lipinski definition) is 1. The van der Waals surface area contributed by atoms with Crippen LogP contribution in [0.1, 0.15) is 27.7 Å². The van der Waals surface area contributed by atoms with E-state index in [4.69, 9.17) is 0 Å². The van der Waals surface area contributed by atoms with Crippen LogP contribution in [0.4, 0.5) is 0 Å². The molecule has 0 heterocycles. The summed E-state index contributed by atoms with van der Waals surface area (Å²) in [7, 11) is 0. The molecule has 0 atom stereocenters. The Labute approximate surface area is 74.4 Å². The fourth-order valence-electron chi connectivity index (χ4n) is 1.65. The van der Waals surface area contributed by atoms with E-state index in [9.17, 15) is 4.79 Å². The van der Waals surface area contributed by atoms with Crippen LogP contribution in [0.5, 0.6) is 0 Å². The van der Waals surface area contributed by atoms with Crippen molar-refractivity contribution in [3.05, 3.63) is 0 Å². The minimum absolute atomic E-state index is 0.423. The summed E-state index contributed by atoms with van der Waals surface area (Å²) in [5.74, 6) is 0.423. The van der Waals surface area contributed by atoms with E-state index in [2.05, 4.69) is 20.8 Å². The van der Waals surface area contributed by atoms with Crippen LogP contribution < -0.4 is 0 Å². The second-order valence-electron chi connectivity index (χ2n) is 3.44. The van der Waals surface area contributed by atoms with Crippen LogP contribution in [-0.2, 0) is 4.79 Å². The van der Waals surface area contributed by atoms with Gasteiger partial charge < -0.3 is 0 Å². The Hall–Kier alpha value is 0.469. The molecule has 2 heteroatoms. The molecular weight excluding hydrogens is 243 g/mol. The van der Waals surface area contributed by atoms with Crippen LogP contribution in [0.2, 0.25) is 17.7 Å². The van der Waals surface area contributed by atoms with Gasteiger partial charge in [-0.15, -0.1) is 0 Å². The van der Waals surface area contributed by atoms with Crippen molar-refractivity contribution in [3.8, 4) is 0 Å². The average Bonchev–Trinajstić information content (AvgIpc) is 2.00. The molecule has 0 radical (unpaired) electrons. The molecule has 11 heavy (non-hydrogen) atoms. The number of carbonyl (C=O) groups excluding carboxylic acids is 1. The Bertz CT molecular complexity index is 119. The normalized spacial score (nSPS) is 11.6.